The Bertz CT molecular complexity index is 411. The van der Waals surface area contributed by atoms with Crippen LogP contribution in [0.4, 0.5) is 0 Å². The topological polar surface area (TPSA) is 46.2 Å². The van der Waals surface area contributed by atoms with Gasteiger partial charge >= 0.3 is 0 Å². The minimum atomic E-state index is -4.77. The molecule has 0 atom stereocenters. The van der Waals surface area contributed by atoms with Crippen molar-refractivity contribution in [1.82, 2.24) is 4.72 Å². The van der Waals surface area contributed by atoms with Gasteiger partial charge in [0, 0.05) is 19.6 Å². The first kappa shape index (κ1) is 5.17. The molecule has 0 aromatic heterocycles. The maximum Gasteiger partial charge on any atom is 0.212 e. The van der Waals surface area contributed by atoms with Crippen molar-refractivity contribution >= 4 is 21.6 Å². The van der Waals surface area contributed by atoms with Crippen molar-refractivity contribution in [2.75, 3.05) is 11.5 Å². The first-order chi connectivity index (χ1) is 7.46. The molecule has 0 spiro atoms. The van der Waals surface area contributed by atoms with E-state index in [4.69, 9.17) is 19.8 Å². The highest BCUT2D eigenvalue weighted by molar-refractivity contribution is 7.89. The Balaban J connectivity index is 5.67. The summed E-state index contributed by atoms with van der Waals surface area (Å²) in [4.78, 5) is 0. The highest BCUT2D eigenvalue weighted by atomic mass is 35.5. The largest absolute Gasteiger partial charge is 0.212 e. The molecule has 0 rings (SSSR count). The quantitative estimate of drug-likeness (QED) is 0.726. The fourth-order valence-corrected chi connectivity index (χ4v) is 1.66. The standard InChI is InChI=1S/C7H16ClNO2S/c1-7(2,3)9-12(10,11)6-4-5-8/h9H,4-6H2,1-3H3/i4D2,5D2,6D2. The van der Waals surface area contributed by atoms with Crippen LogP contribution in [0.25, 0.3) is 0 Å². The normalized spacial score (nSPS) is 24.3. The first-order valence-corrected chi connectivity index (χ1v) is 5.04. The lowest BCUT2D eigenvalue weighted by molar-refractivity contribution is 0.491. The van der Waals surface area contributed by atoms with Crippen molar-refractivity contribution in [1.29, 1.82) is 0 Å². The molecule has 0 amide bonds. The van der Waals surface area contributed by atoms with E-state index in [-0.39, 0.29) is 0 Å². The zero-order valence-corrected chi connectivity index (χ0v) is 8.68. The minimum Gasteiger partial charge on any atom is -0.212 e. The number of alkyl halides is 1. The van der Waals surface area contributed by atoms with Crippen molar-refractivity contribution in [3.63, 3.8) is 0 Å². The first-order valence-electron chi connectivity index (χ1n) is 6.18. The van der Waals surface area contributed by atoms with E-state index < -0.39 is 33.5 Å². The van der Waals surface area contributed by atoms with E-state index >= 15 is 0 Å². The second-order valence-corrected chi connectivity index (χ2v) is 4.78. The van der Waals surface area contributed by atoms with Crippen molar-refractivity contribution < 1.29 is 16.6 Å². The van der Waals surface area contributed by atoms with E-state index in [2.05, 4.69) is 0 Å². The van der Waals surface area contributed by atoms with Gasteiger partial charge in [-0.25, -0.2) is 13.1 Å². The summed E-state index contributed by atoms with van der Waals surface area (Å²) in [6.07, 6.45) is -3.43. The number of hydrogen-bond donors (Lipinski definition) is 1. The molecular formula is C7H16ClNO2S. The predicted octanol–water partition coefficient (Wildman–Crippen LogP) is 1.33. The Morgan fingerprint density at radius 2 is 2.00 bits per heavy atom. The third-order valence-electron chi connectivity index (χ3n) is 0.673. The SMILES string of the molecule is [2H]C([2H])(Cl)C([2H])([2H])C([2H])([2H])S(=O)(=O)NC(C)(C)C. The van der Waals surface area contributed by atoms with Crippen LogP contribution >= 0.6 is 11.6 Å². The van der Waals surface area contributed by atoms with Crippen molar-refractivity contribution in [3.05, 3.63) is 0 Å². The summed E-state index contributed by atoms with van der Waals surface area (Å²) >= 11 is 5.11. The van der Waals surface area contributed by atoms with Crippen molar-refractivity contribution in [3.8, 4) is 0 Å². The molecule has 0 aromatic rings. The lowest BCUT2D eigenvalue weighted by Gasteiger charge is -2.19. The van der Waals surface area contributed by atoms with Gasteiger partial charge in [-0.3, -0.25) is 0 Å². The molecule has 0 aliphatic heterocycles. The summed E-state index contributed by atoms with van der Waals surface area (Å²) in [6, 6.07) is 0. The maximum atomic E-state index is 11.8. The molecule has 0 heterocycles. The third-order valence-corrected chi connectivity index (χ3v) is 2.02. The van der Waals surface area contributed by atoms with E-state index in [0.29, 0.717) is 0 Å². The van der Waals surface area contributed by atoms with Gasteiger partial charge < -0.3 is 0 Å². The van der Waals surface area contributed by atoms with Gasteiger partial charge in [0.1, 0.15) is 0 Å². The van der Waals surface area contributed by atoms with Gasteiger partial charge in [0.05, 0.1) is 5.70 Å². The number of hydrogen-bond acceptors (Lipinski definition) is 2. The van der Waals surface area contributed by atoms with Gasteiger partial charge in [-0.2, -0.15) is 0 Å². The zero-order valence-electron chi connectivity index (χ0n) is 13.1. The van der Waals surface area contributed by atoms with Crippen LogP contribution in [0.2, 0.25) is 0 Å². The molecule has 0 saturated carbocycles. The smallest absolute Gasteiger partial charge is 0.212 e. The van der Waals surface area contributed by atoms with Crippen LogP contribution in [0, 0.1) is 0 Å². The summed E-state index contributed by atoms with van der Waals surface area (Å²) in [6.45, 7) is 4.35. The Kier molecular flexibility index (Phi) is 1.91. The molecule has 0 saturated heterocycles. The van der Waals surface area contributed by atoms with Gasteiger partial charge in [0.15, 0.2) is 0 Å². The van der Waals surface area contributed by atoms with Gasteiger partial charge in [0.25, 0.3) is 0 Å². The summed E-state index contributed by atoms with van der Waals surface area (Å²) in [5.41, 5.74) is -4.56. The molecule has 0 aliphatic carbocycles. The molecule has 0 fully saturated rings. The molecular weight excluding hydrogens is 198 g/mol. The molecule has 0 aliphatic rings. The van der Waals surface area contributed by atoms with E-state index in [1.807, 2.05) is 4.72 Å². The summed E-state index contributed by atoms with van der Waals surface area (Å²) in [7, 11) is -4.77. The van der Waals surface area contributed by atoms with Gasteiger partial charge in [-0.15, -0.1) is 11.6 Å². The lowest BCUT2D eigenvalue weighted by atomic mass is 10.1. The number of sulfonamides is 1. The van der Waals surface area contributed by atoms with Crippen LogP contribution < -0.4 is 4.72 Å². The molecule has 74 valence electrons. The molecule has 12 heavy (non-hydrogen) atoms. The van der Waals surface area contributed by atoms with Crippen molar-refractivity contribution in [2.24, 2.45) is 0 Å². The molecule has 3 nitrogen and oxygen atoms in total. The average molecular weight is 220 g/mol. The van der Waals surface area contributed by atoms with Crippen LogP contribution in [0.1, 0.15) is 35.4 Å². The van der Waals surface area contributed by atoms with Crippen LogP contribution in [0.3, 0.4) is 0 Å². The third kappa shape index (κ3) is 6.88. The van der Waals surface area contributed by atoms with Gasteiger partial charge in [-0.05, 0) is 27.1 Å². The van der Waals surface area contributed by atoms with Crippen LogP contribution in [-0.2, 0) is 10.0 Å². The number of nitrogens with one attached hydrogen (secondary N) is 1. The molecule has 0 unspecified atom stereocenters. The number of rotatable bonds is 4. The monoisotopic (exact) mass is 219 g/mol. The van der Waals surface area contributed by atoms with E-state index in [1.165, 1.54) is 20.8 Å². The second-order valence-electron chi connectivity index (χ2n) is 3.18. The Labute approximate surface area is 88.0 Å². The maximum absolute atomic E-state index is 11.8. The highest BCUT2D eigenvalue weighted by Crippen LogP contribution is 2.03. The minimum absolute atomic E-state index is 1.03. The highest BCUT2D eigenvalue weighted by Gasteiger charge is 2.18. The molecule has 0 radical (unpaired) electrons. The average Bonchev–Trinajstić information content (AvgIpc) is 1.95. The number of halogens is 1. The van der Waals surface area contributed by atoms with Crippen molar-refractivity contribution in [2.45, 2.75) is 32.7 Å². The fraction of sp³-hybridized carbons (Fsp3) is 1.00. The predicted molar refractivity (Wildman–Crippen MR) is 52.0 cm³/mol. The zero-order chi connectivity index (χ0) is 15.2. The second kappa shape index (κ2) is 4.44. The van der Waals surface area contributed by atoms with Crippen LogP contribution in [0.15, 0.2) is 0 Å². The molecule has 0 bridgehead atoms. The Morgan fingerprint density at radius 3 is 2.33 bits per heavy atom. The van der Waals surface area contributed by atoms with Crippen LogP contribution in [-0.4, -0.2) is 25.5 Å². The summed E-state index contributed by atoms with van der Waals surface area (Å²) in [5.74, 6) is -3.18. The molecule has 1 N–H and O–H groups in total. The van der Waals surface area contributed by atoms with Gasteiger partial charge in [-0.1, -0.05) is 0 Å². The molecule has 0 aromatic carbocycles. The van der Waals surface area contributed by atoms with E-state index in [9.17, 15) is 8.42 Å². The fourth-order valence-electron chi connectivity index (χ4n) is 0.515. The Morgan fingerprint density at radius 1 is 1.50 bits per heavy atom. The van der Waals surface area contributed by atoms with E-state index in [1.54, 1.807) is 0 Å². The summed E-state index contributed by atoms with van der Waals surface area (Å²) in [5, 5.41) is 0. The van der Waals surface area contributed by atoms with Crippen LogP contribution in [0.5, 0.6) is 0 Å². The van der Waals surface area contributed by atoms with E-state index in [0.717, 1.165) is 0 Å². The lowest BCUT2D eigenvalue weighted by Crippen LogP contribution is -2.41. The molecule has 5 heteroatoms. The van der Waals surface area contributed by atoms with Gasteiger partial charge in [0.2, 0.25) is 10.0 Å². The Hall–Kier alpha value is 0.200. The summed E-state index contributed by atoms with van der Waals surface area (Å²) < 4.78 is 69.0.